The summed E-state index contributed by atoms with van der Waals surface area (Å²) in [6.45, 7) is 5.38. The van der Waals surface area contributed by atoms with Crippen LogP contribution in [0.5, 0.6) is 0 Å². The van der Waals surface area contributed by atoms with Crippen LogP contribution in [-0.4, -0.2) is 79.7 Å². The van der Waals surface area contributed by atoms with Gasteiger partial charge < -0.3 is 24.6 Å². The van der Waals surface area contributed by atoms with E-state index in [0.29, 0.717) is 45.8 Å². The Morgan fingerprint density at radius 3 is 2.48 bits per heavy atom. The fourth-order valence-electron chi connectivity index (χ4n) is 3.47. The molecule has 0 spiro atoms. The van der Waals surface area contributed by atoms with Gasteiger partial charge in [-0.05, 0) is 26.2 Å². The van der Waals surface area contributed by atoms with E-state index in [0.717, 1.165) is 19.4 Å². The van der Waals surface area contributed by atoms with E-state index < -0.39 is 0 Å². The largest absolute Gasteiger partial charge is 0.450 e. The van der Waals surface area contributed by atoms with E-state index in [2.05, 4.69) is 5.32 Å². The Labute approximate surface area is 147 Å². The maximum atomic E-state index is 12.5. The van der Waals surface area contributed by atoms with E-state index in [-0.39, 0.29) is 35.8 Å². The van der Waals surface area contributed by atoms with Crippen LogP contribution in [0.3, 0.4) is 0 Å². The predicted octanol–water partition coefficient (Wildman–Crippen LogP) is 0.218. The summed E-state index contributed by atoms with van der Waals surface area (Å²) in [4.78, 5) is 39.7. The lowest BCUT2D eigenvalue weighted by molar-refractivity contribution is -0.136. The highest BCUT2D eigenvalue weighted by Crippen LogP contribution is 2.40. The van der Waals surface area contributed by atoms with Crippen molar-refractivity contribution >= 4 is 17.9 Å². The van der Waals surface area contributed by atoms with Crippen molar-refractivity contribution in [1.29, 1.82) is 0 Å². The molecule has 8 nitrogen and oxygen atoms in total. The van der Waals surface area contributed by atoms with E-state index in [1.54, 1.807) is 16.7 Å². The van der Waals surface area contributed by atoms with Gasteiger partial charge in [0, 0.05) is 39.3 Å². The fraction of sp³-hybridized carbons (Fsp3) is 0.824. The molecule has 3 unspecified atom stereocenters. The van der Waals surface area contributed by atoms with Crippen molar-refractivity contribution in [2.45, 2.75) is 32.3 Å². The summed E-state index contributed by atoms with van der Waals surface area (Å²) in [6, 6.07) is 0. The minimum absolute atomic E-state index is 0.0285. The number of carbonyl (C=O) groups excluding carboxylic acids is 3. The summed E-state index contributed by atoms with van der Waals surface area (Å²) in [5, 5.41) is 2.91. The Hall–Kier alpha value is -1.83. The third kappa shape index (κ3) is 4.42. The van der Waals surface area contributed by atoms with Crippen LogP contribution in [0.1, 0.15) is 26.2 Å². The first kappa shape index (κ1) is 18.0. The maximum Gasteiger partial charge on any atom is 0.409 e. The summed E-state index contributed by atoms with van der Waals surface area (Å²) in [7, 11) is 0. The first-order valence-corrected chi connectivity index (χ1v) is 9.20. The van der Waals surface area contributed by atoms with Crippen molar-refractivity contribution in [3.63, 3.8) is 0 Å². The molecule has 2 aliphatic heterocycles. The summed E-state index contributed by atoms with van der Waals surface area (Å²) in [5.74, 6) is -0.435. The number of hydrogen-bond acceptors (Lipinski definition) is 5. The van der Waals surface area contributed by atoms with Gasteiger partial charge in [0.05, 0.1) is 24.5 Å². The second kappa shape index (κ2) is 8.03. The second-order valence-electron chi connectivity index (χ2n) is 6.84. The maximum absolute atomic E-state index is 12.5. The molecule has 25 heavy (non-hydrogen) atoms. The summed E-state index contributed by atoms with van der Waals surface area (Å²) < 4.78 is 10.5. The van der Waals surface area contributed by atoms with Crippen LogP contribution in [0.25, 0.3) is 0 Å². The number of nitrogens with one attached hydrogen (secondary N) is 1. The van der Waals surface area contributed by atoms with Crippen molar-refractivity contribution in [2.75, 3.05) is 45.9 Å². The number of ether oxygens (including phenoxy) is 2. The van der Waals surface area contributed by atoms with Crippen molar-refractivity contribution in [1.82, 2.24) is 15.1 Å². The topological polar surface area (TPSA) is 88.2 Å². The zero-order valence-corrected chi connectivity index (χ0v) is 14.7. The van der Waals surface area contributed by atoms with Gasteiger partial charge in [0.1, 0.15) is 0 Å². The standard InChI is InChI=1S/C17H27N3O5/c1-2-24-17(23)20-7-5-19(6-8-20)16(22)14-10-13(14)15(21)18-11-12-4-3-9-25-12/h12-14H,2-11H2,1H3,(H,18,21). The van der Waals surface area contributed by atoms with Gasteiger partial charge in [-0.2, -0.15) is 0 Å². The van der Waals surface area contributed by atoms with Crippen LogP contribution in [0.4, 0.5) is 4.79 Å². The molecule has 1 N–H and O–H groups in total. The van der Waals surface area contributed by atoms with Gasteiger partial charge in [-0.25, -0.2) is 4.79 Å². The first-order valence-electron chi connectivity index (χ1n) is 9.20. The van der Waals surface area contributed by atoms with Gasteiger partial charge in [0.2, 0.25) is 11.8 Å². The molecule has 3 atom stereocenters. The highest BCUT2D eigenvalue weighted by Gasteiger charge is 2.49. The lowest BCUT2D eigenvalue weighted by Gasteiger charge is -2.34. The van der Waals surface area contributed by atoms with Crippen molar-refractivity contribution in [3.8, 4) is 0 Å². The predicted molar refractivity (Wildman–Crippen MR) is 88.8 cm³/mol. The van der Waals surface area contributed by atoms with Crippen LogP contribution >= 0.6 is 0 Å². The average molecular weight is 353 g/mol. The molecule has 2 heterocycles. The minimum atomic E-state index is -0.326. The number of piperazine rings is 1. The number of rotatable bonds is 5. The monoisotopic (exact) mass is 353 g/mol. The highest BCUT2D eigenvalue weighted by molar-refractivity contribution is 5.92. The Morgan fingerprint density at radius 1 is 1.12 bits per heavy atom. The molecule has 3 rings (SSSR count). The molecule has 1 aliphatic carbocycles. The molecule has 2 saturated heterocycles. The van der Waals surface area contributed by atoms with Crippen LogP contribution < -0.4 is 5.32 Å². The lowest BCUT2D eigenvalue weighted by Crippen LogP contribution is -2.51. The molecule has 3 amide bonds. The zero-order valence-electron chi connectivity index (χ0n) is 14.7. The smallest absolute Gasteiger partial charge is 0.409 e. The van der Waals surface area contributed by atoms with Crippen molar-refractivity contribution in [3.05, 3.63) is 0 Å². The second-order valence-corrected chi connectivity index (χ2v) is 6.84. The summed E-state index contributed by atoms with van der Waals surface area (Å²) >= 11 is 0. The van der Waals surface area contributed by atoms with E-state index in [9.17, 15) is 14.4 Å². The highest BCUT2D eigenvalue weighted by atomic mass is 16.6. The molecule has 0 aromatic rings. The Morgan fingerprint density at radius 2 is 1.84 bits per heavy atom. The molecule has 1 saturated carbocycles. The van der Waals surface area contributed by atoms with Gasteiger partial charge in [-0.1, -0.05) is 0 Å². The molecule has 3 aliphatic rings. The van der Waals surface area contributed by atoms with E-state index in [1.807, 2.05) is 0 Å². The molecule has 140 valence electrons. The molecular weight excluding hydrogens is 326 g/mol. The van der Waals surface area contributed by atoms with E-state index in [1.165, 1.54) is 0 Å². The van der Waals surface area contributed by atoms with Crippen molar-refractivity contribution in [2.24, 2.45) is 11.8 Å². The number of hydrogen-bond donors (Lipinski definition) is 1. The third-order valence-corrected chi connectivity index (χ3v) is 5.09. The van der Waals surface area contributed by atoms with Crippen LogP contribution in [0, 0.1) is 11.8 Å². The number of nitrogens with zero attached hydrogens (tertiary/aromatic N) is 2. The van der Waals surface area contributed by atoms with Crippen molar-refractivity contribution < 1.29 is 23.9 Å². The normalized spacial score (nSPS) is 28.6. The van der Waals surface area contributed by atoms with Crippen LogP contribution in [0.15, 0.2) is 0 Å². The van der Waals surface area contributed by atoms with Gasteiger partial charge in [-0.15, -0.1) is 0 Å². The quantitative estimate of drug-likeness (QED) is 0.764. The SMILES string of the molecule is CCOC(=O)N1CCN(C(=O)C2CC2C(=O)NCC2CCCO2)CC1. The number of carbonyl (C=O) groups is 3. The zero-order chi connectivity index (χ0) is 17.8. The molecule has 8 heteroatoms. The summed E-state index contributed by atoms with van der Waals surface area (Å²) in [5.41, 5.74) is 0. The molecule has 0 aromatic carbocycles. The Balaban J connectivity index is 1.38. The minimum Gasteiger partial charge on any atom is -0.450 e. The fourth-order valence-corrected chi connectivity index (χ4v) is 3.47. The van der Waals surface area contributed by atoms with Gasteiger partial charge in [0.15, 0.2) is 0 Å². The van der Waals surface area contributed by atoms with Crippen LogP contribution in [0.2, 0.25) is 0 Å². The van der Waals surface area contributed by atoms with Gasteiger partial charge in [-0.3, -0.25) is 9.59 Å². The number of amides is 3. The molecular formula is C17H27N3O5. The Bertz CT molecular complexity index is 512. The first-order chi connectivity index (χ1) is 12.1. The van der Waals surface area contributed by atoms with E-state index >= 15 is 0 Å². The van der Waals surface area contributed by atoms with E-state index in [4.69, 9.17) is 9.47 Å². The Kier molecular flexibility index (Phi) is 5.78. The lowest BCUT2D eigenvalue weighted by atomic mass is 10.2. The van der Waals surface area contributed by atoms with Gasteiger partial charge >= 0.3 is 6.09 Å². The summed E-state index contributed by atoms with van der Waals surface area (Å²) in [6.07, 6.45) is 2.44. The third-order valence-electron chi connectivity index (χ3n) is 5.09. The molecule has 3 fully saturated rings. The average Bonchev–Trinajstić information content (AvgIpc) is 3.26. The molecule has 0 bridgehead atoms. The van der Waals surface area contributed by atoms with Crippen LogP contribution in [-0.2, 0) is 19.1 Å². The molecule has 0 radical (unpaired) electrons. The molecule has 0 aromatic heterocycles. The van der Waals surface area contributed by atoms with Gasteiger partial charge in [0.25, 0.3) is 0 Å².